The zero-order valence-electron chi connectivity index (χ0n) is 14.3. The minimum absolute atomic E-state index is 0.00883. The van der Waals surface area contributed by atoms with Crippen LogP contribution >= 0.6 is 15.9 Å². The molecule has 0 bridgehead atoms. The van der Waals surface area contributed by atoms with Crippen LogP contribution in [0.25, 0.3) is 0 Å². The zero-order valence-corrected chi connectivity index (χ0v) is 15.9. The number of anilines is 1. The Morgan fingerprint density at radius 2 is 2.04 bits per heavy atom. The fraction of sp³-hybridized carbons (Fsp3) is 0.611. The molecule has 1 aromatic carbocycles. The van der Waals surface area contributed by atoms with E-state index in [1.165, 1.54) is 5.69 Å². The van der Waals surface area contributed by atoms with Crippen molar-refractivity contribution in [1.82, 2.24) is 15.5 Å². The van der Waals surface area contributed by atoms with Crippen molar-refractivity contribution in [2.24, 2.45) is 5.92 Å². The molecular weight excluding hydrogens is 368 g/mol. The van der Waals surface area contributed by atoms with Crippen LogP contribution in [-0.4, -0.2) is 56.7 Å². The molecule has 0 radical (unpaired) electrons. The Bertz CT molecular complexity index is 560. The van der Waals surface area contributed by atoms with Crippen molar-refractivity contribution >= 4 is 27.6 Å². The van der Waals surface area contributed by atoms with Crippen LogP contribution in [0.5, 0.6) is 0 Å². The Morgan fingerprint density at radius 3 is 2.79 bits per heavy atom. The van der Waals surface area contributed by atoms with Gasteiger partial charge in [0.15, 0.2) is 0 Å². The molecule has 2 heterocycles. The molecule has 0 saturated carbocycles. The number of benzene rings is 1. The van der Waals surface area contributed by atoms with Crippen molar-refractivity contribution in [1.29, 1.82) is 0 Å². The summed E-state index contributed by atoms with van der Waals surface area (Å²) in [6.07, 6.45) is 3.22. The summed E-state index contributed by atoms with van der Waals surface area (Å²) in [5.74, 6) is 0.521. The molecule has 1 aromatic rings. The number of amides is 2. The molecule has 0 unspecified atom stereocenters. The number of hydrogen-bond donors (Lipinski definition) is 2. The van der Waals surface area contributed by atoms with E-state index < -0.39 is 0 Å². The van der Waals surface area contributed by atoms with E-state index in [1.807, 2.05) is 6.07 Å². The second-order valence-corrected chi connectivity index (χ2v) is 7.93. The highest BCUT2D eigenvalue weighted by Crippen LogP contribution is 2.25. The summed E-state index contributed by atoms with van der Waals surface area (Å²) in [7, 11) is 2.13. The molecule has 0 aliphatic carbocycles. The van der Waals surface area contributed by atoms with E-state index in [0.717, 1.165) is 56.5 Å². The van der Waals surface area contributed by atoms with Crippen molar-refractivity contribution in [3.8, 4) is 0 Å². The molecule has 0 spiro atoms. The first-order chi connectivity index (χ1) is 11.6. The van der Waals surface area contributed by atoms with Crippen molar-refractivity contribution in [2.75, 3.05) is 44.7 Å². The Labute approximate surface area is 152 Å². The van der Waals surface area contributed by atoms with E-state index >= 15 is 0 Å². The fourth-order valence-corrected chi connectivity index (χ4v) is 3.92. The summed E-state index contributed by atoms with van der Waals surface area (Å²) in [6.45, 7) is 4.94. The van der Waals surface area contributed by atoms with Gasteiger partial charge < -0.3 is 20.4 Å². The third-order valence-electron chi connectivity index (χ3n) is 5.06. The number of likely N-dealkylation sites (tertiary alicyclic amines) is 1. The van der Waals surface area contributed by atoms with Gasteiger partial charge in [-0.05, 0) is 63.5 Å². The molecule has 3 rings (SSSR count). The molecule has 5 nitrogen and oxygen atoms in total. The summed E-state index contributed by atoms with van der Waals surface area (Å²) >= 11 is 3.53. The molecule has 0 aromatic heterocycles. The van der Waals surface area contributed by atoms with E-state index in [2.05, 4.69) is 61.6 Å². The lowest BCUT2D eigenvalue weighted by atomic mass is 10.1. The Morgan fingerprint density at radius 1 is 1.25 bits per heavy atom. The lowest BCUT2D eigenvalue weighted by Crippen LogP contribution is -2.48. The SMILES string of the molecule is CN1CCC(NC(=O)NC[C@@H]2CCN(c3cccc(Br)c3)C2)CC1. The van der Waals surface area contributed by atoms with Crippen molar-refractivity contribution in [3.63, 3.8) is 0 Å². The van der Waals surface area contributed by atoms with Crippen LogP contribution in [0.1, 0.15) is 19.3 Å². The molecule has 2 N–H and O–H groups in total. The average molecular weight is 395 g/mol. The van der Waals surface area contributed by atoms with Gasteiger partial charge in [-0.3, -0.25) is 0 Å². The van der Waals surface area contributed by atoms with Crippen LogP contribution in [0.15, 0.2) is 28.7 Å². The Balaban J connectivity index is 1.39. The number of nitrogens with one attached hydrogen (secondary N) is 2. The molecule has 2 aliphatic heterocycles. The van der Waals surface area contributed by atoms with Gasteiger partial charge >= 0.3 is 6.03 Å². The normalized spacial score (nSPS) is 22.6. The summed E-state index contributed by atoms with van der Waals surface area (Å²) in [6, 6.07) is 8.73. The lowest BCUT2D eigenvalue weighted by Gasteiger charge is -2.29. The molecule has 2 fully saturated rings. The van der Waals surface area contributed by atoms with Crippen LogP contribution in [-0.2, 0) is 0 Å². The molecule has 132 valence electrons. The first-order valence-corrected chi connectivity index (χ1v) is 9.63. The maximum atomic E-state index is 12.1. The van der Waals surface area contributed by atoms with Crippen LogP contribution in [0.4, 0.5) is 10.5 Å². The van der Waals surface area contributed by atoms with E-state index in [1.54, 1.807) is 0 Å². The molecule has 6 heteroatoms. The van der Waals surface area contributed by atoms with E-state index in [9.17, 15) is 4.79 Å². The number of halogens is 1. The highest BCUT2D eigenvalue weighted by atomic mass is 79.9. The predicted molar refractivity (Wildman–Crippen MR) is 102 cm³/mol. The standard InChI is InChI=1S/C18H27BrN4O/c1-22-8-6-16(7-9-22)21-18(24)20-12-14-5-10-23(13-14)17-4-2-3-15(19)11-17/h2-4,11,14,16H,5-10,12-13H2,1H3,(H2,20,21,24)/t14-/m0/s1. The van der Waals surface area contributed by atoms with Crippen LogP contribution in [0.3, 0.4) is 0 Å². The second-order valence-electron chi connectivity index (χ2n) is 7.01. The maximum Gasteiger partial charge on any atom is 0.315 e. The van der Waals surface area contributed by atoms with Crippen LogP contribution in [0, 0.1) is 5.92 Å². The van der Waals surface area contributed by atoms with E-state index in [-0.39, 0.29) is 6.03 Å². The van der Waals surface area contributed by atoms with Gasteiger partial charge in [-0.15, -0.1) is 0 Å². The van der Waals surface area contributed by atoms with Gasteiger partial charge in [0.2, 0.25) is 0 Å². The van der Waals surface area contributed by atoms with Gasteiger partial charge in [-0.2, -0.15) is 0 Å². The maximum absolute atomic E-state index is 12.1. The molecular formula is C18H27BrN4O. The topological polar surface area (TPSA) is 47.6 Å². The second kappa shape index (κ2) is 8.21. The minimum Gasteiger partial charge on any atom is -0.371 e. The van der Waals surface area contributed by atoms with Gasteiger partial charge in [0.1, 0.15) is 0 Å². The zero-order chi connectivity index (χ0) is 16.9. The largest absolute Gasteiger partial charge is 0.371 e. The predicted octanol–water partition coefficient (Wildman–Crippen LogP) is 2.67. The van der Waals surface area contributed by atoms with Crippen molar-refractivity contribution in [3.05, 3.63) is 28.7 Å². The summed E-state index contributed by atoms with van der Waals surface area (Å²) in [5, 5.41) is 6.18. The Hall–Kier alpha value is -1.27. The highest BCUT2D eigenvalue weighted by molar-refractivity contribution is 9.10. The average Bonchev–Trinajstić information content (AvgIpc) is 3.04. The quantitative estimate of drug-likeness (QED) is 0.824. The smallest absolute Gasteiger partial charge is 0.315 e. The molecule has 2 aliphatic rings. The van der Waals surface area contributed by atoms with Crippen molar-refractivity contribution < 1.29 is 4.79 Å². The van der Waals surface area contributed by atoms with E-state index in [4.69, 9.17) is 0 Å². The van der Waals surface area contributed by atoms with Gasteiger partial charge in [-0.1, -0.05) is 22.0 Å². The number of hydrogen-bond acceptors (Lipinski definition) is 3. The number of rotatable bonds is 4. The van der Waals surface area contributed by atoms with Crippen LogP contribution < -0.4 is 15.5 Å². The molecule has 1 atom stereocenters. The molecule has 2 saturated heterocycles. The molecule has 2 amide bonds. The first kappa shape index (κ1) is 17.5. The summed E-state index contributed by atoms with van der Waals surface area (Å²) in [5.41, 5.74) is 1.25. The van der Waals surface area contributed by atoms with Gasteiger partial charge in [0.25, 0.3) is 0 Å². The number of carbonyl (C=O) groups excluding carboxylic acids is 1. The van der Waals surface area contributed by atoms with E-state index in [0.29, 0.717) is 12.0 Å². The summed E-state index contributed by atoms with van der Waals surface area (Å²) < 4.78 is 1.11. The number of urea groups is 1. The number of nitrogens with zero attached hydrogens (tertiary/aromatic N) is 2. The van der Waals surface area contributed by atoms with Gasteiger partial charge in [-0.25, -0.2) is 4.79 Å². The van der Waals surface area contributed by atoms with Gasteiger partial charge in [0, 0.05) is 35.8 Å². The third-order valence-corrected chi connectivity index (χ3v) is 5.56. The monoisotopic (exact) mass is 394 g/mol. The van der Waals surface area contributed by atoms with Gasteiger partial charge in [0.05, 0.1) is 0 Å². The Kier molecular flexibility index (Phi) is 6.00. The lowest BCUT2D eigenvalue weighted by molar-refractivity contribution is 0.213. The first-order valence-electron chi connectivity index (χ1n) is 8.83. The number of piperidine rings is 1. The fourth-order valence-electron chi connectivity index (χ4n) is 3.53. The highest BCUT2D eigenvalue weighted by Gasteiger charge is 2.24. The van der Waals surface area contributed by atoms with Crippen molar-refractivity contribution in [2.45, 2.75) is 25.3 Å². The van der Waals surface area contributed by atoms with Crippen LogP contribution in [0.2, 0.25) is 0 Å². The molecule has 24 heavy (non-hydrogen) atoms. The minimum atomic E-state index is -0.00883. The summed E-state index contributed by atoms with van der Waals surface area (Å²) in [4.78, 5) is 16.8. The number of carbonyl (C=O) groups is 1. The third kappa shape index (κ3) is 4.86.